The van der Waals surface area contributed by atoms with Crippen molar-refractivity contribution < 1.29 is 9.57 Å². The maximum atomic E-state index is 4.78. The Morgan fingerprint density at radius 3 is 3.00 bits per heavy atom. The minimum Gasteiger partial charge on any atom is -0.385 e. The highest BCUT2D eigenvalue weighted by molar-refractivity contribution is 5.65. The number of oxime groups is 1. The summed E-state index contributed by atoms with van der Waals surface area (Å²) in [6.07, 6.45) is 1.54. The summed E-state index contributed by atoms with van der Waals surface area (Å²) in [6, 6.07) is 0. The Morgan fingerprint density at radius 2 is 2.71 bits per heavy atom. The molecular weight excluding hydrogens is 94.0 g/mol. The van der Waals surface area contributed by atoms with Crippen LogP contribution in [0.1, 0.15) is 0 Å². The van der Waals surface area contributed by atoms with Gasteiger partial charge < -0.3 is 9.57 Å². The Balaban J connectivity index is 2.28. The summed E-state index contributed by atoms with van der Waals surface area (Å²) in [5, 5.41) is 3.43. The first-order valence-electron chi connectivity index (χ1n) is 1.99. The highest BCUT2D eigenvalue weighted by Gasteiger charge is 2.09. The minimum absolute atomic E-state index is 0.0417. The molecule has 1 aliphatic rings. The Kier molecular flexibility index (Phi) is 1.26. The van der Waals surface area contributed by atoms with Gasteiger partial charge in [-0.2, -0.15) is 0 Å². The Bertz CT molecular complexity index is 81.8. The first kappa shape index (κ1) is 4.59. The van der Waals surface area contributed by atoms with Crippen molar-refractivity contribution in [3.8, 4) is 0 Å². The molecule has 39 valence electrons. The van der Waals surface area contributed by atoms with E-state index in [9.17, 15) is 0 Å². The molecule has 1 unspecified atom stereocenters. The molecular formula is C4H6NO2. The fraction of sp³-hybridized carbons (Fsp3) is 0.500. The van der Waals surface area contributed by atoms with E-state index in [2.05, 4.69) is 9.99 Å². The summed E-state index contributed by atoms with van der Waals surface area (Å²) in [6.45, 7) is 1.51. The van der Waals surface area contributed by atoms with E-state index in [4.69, 9.17) is 4.74 Å². The number of hydrogen-bond acceptors (Lipinski definition) is 3. The van der Waals surface area contributed by atoms with Crippen molar-refractivity contribution >= 4 is 6.21 Å². The molecule has 0 bridgehead atoms. The third-order valence-corrected chi connectivity index (χ3v) is 0.736. The average Bonchev–Trinajstić information content (AvgIpc) is 2.14. The fourth-order valence-corrected chi connectivity index (χ4v) is 0.342. The van der Waals surface area contributed by atoms with Gasteiger partial charge >= 0.3 is 0 Å². The molecule has 3 heteroatoms. The van der Waals surface area contributed by atoms with Crippen molar-refractivity contribution in [3.63, 3.8) is 0 Å². The van der Waals surface area contributed by atoms with Crippen LogP contribution in [0, 0.1) is 6.61 Å². The van der Waals surface area contributed by atoms with E-state index >= 15 is 0 Å². The van der Waals surface area contributed by atoms with Gasteiger partial charge in [-0.05, 0) is 0 Å². The van der Waals surface area contributed by atoms with Gasteiger partial charge in [-0.15, -0.1) is 0 Å². The van der Waals surface area contributed by atoms with Crippen molar-refractivity contribution in [3.05, 3.63) is 6.61 Å². The van der Waals surface area contributed by atoms with Crippen molar-refractivity contribution in [1.29, 1.82) is 0 Å². The lowest BCUT2D eigenvalue weighted by Gasteiger charge is -1.95. The highest BCUT2D eigenvalue weighted by atomic mass is 16.7. The molecule has 0 spiro atoms. The molecule has 0 aromatic heterocycles. The third-order valence-electron chi connectivity index (χ3n) is 0.736. The van der Waals surface area contributed by atoms with Crippen LogP contribution in [0.3, 0.4) is 0 Å². The van der Waals surface area contributed by atoms with Crippen molar-refractivity contribution in [2.45, 2.75) is 6.10 Å². The van der Waals surface area contributed by atoms with Gasteiger partial charge in [0, 0.05) is 7.11 Å². The van der Waals surface area contributed by atoms with Crippen LogP contribution >= 0.6 is 0 Å². The molecule has 0 aromatic rings. The topological polar surface area (TPSA) is 30.8 Å². The average molecular weight is 100 g/mol. The van der Waals surface area contributed by atoms with Gasteiger partial charge in [0.1, 0.15) is 6.10 Å². The first-order chi connectivity index (χ1) is 3.43. The third kappa shape index (κ3) is 0.899. The second kappa shape index (κ2) is 1.93. The van der Waals surface area contributed by atoms with Gasteiger partial charge in [0.2, 0.25) is 6.61 Å². The van der Waals surface area contributed by atoms with Crippen LogP contribution in [-0.4, -0.2) is 19.4 Å². The van der Waals surface area contributed by atoms with E-state index in [-0.39, 0.29) is 6.10 Å². The smallest absolute Gasteiger partial charge is 0.200 e. The van der Waals surface area contributed by atoms with Crippen LogP contribution < -0.4 is 0 Å². The second-order valence-electron chi connectivity index (χ2n) is 1.20. The molecule has 1 aliphatic heterocycles. The zero-order valence-corrected chi connectivity index (χ0v) is 4.00. The predicted octanol–water partition coefficient (Wildman–Crippen LogP) is 0.179. The SMILES string of the molecule is COC1[CH]ON=C1. The Morgan fingerprint density at radius 1 is 1.86 bits per heavy atom. The molecule has 0 aliphatic carbocycles. The molecule has 0 saturated carbocycles. The number of hydrogen-bond donors (Lipinski definition) is 0. The van der Waals surface area contributed by atoms with Crippen LogP contribution in [0.4, 0.5) is 0 Å². The summed E-state index contributed by atoms with van der Waals surface area (Å²) in [5.41, 5.74) is 0. The molecule has 0 amide bonds. The van der Waals surface area contributed by atoms with Crippen LogP contribution in [0.2, 0.25) is 0 Å². The van der Waals surface area contributed by atoms with Gasteiger partial charge in [-0.25, -0.2) is 0 Å². The van der Waals surface area contributed by atoms with Gasteiger partial charge in [-0.3, -0.25) is 0 Å². The van der Waals surface area contributed by atoms with Gasteiger partial charge in [0.05, 0.1) is 6.21 Å². The summed E-state index contributed by atoms with van der Waals surface area (Å²) in [5.74, 6) is 0. The maximum Gasteiger partial charge on any atom is 0.200 e. The van der Waals surface area contributed by atoms with E-state index in [1.165, 1.54) is 6.61 Å². The number of rotatable bonds is 1. The number of methoxy groups -OCH3 is 1. The molecule has 0 N–H and O–H groups in total. The summed E-state index contributed by atoms with van der Waals surface area (Å²) in [4.78, 5) is 4.47. The van der Waals surface area contributed by atoms with Crippen LogP contribution in [0.5, 0.6) is 0 Å². The summed E-state index contributed by atoms with van der Waals surface area (Å²) >= 11 is 0. The Hall–Kier alpha value is -0.570. The van der Waals surface area contributed by atoms with Crippen molar-refractivity contribution in [2.75, 3.05) is 7.11 Å². The lowest BCUT2D eigenvalue weighted by Crippen LogP contribution is -2.06. The quantitative estimate of drug-likeness (QED) is 0.470. The van der Waals surface area contributed by atoms with E-state index in [0.717, 1.165) is 0 Å². The van der Waals surface area contributed by atoms with Crippen molar-refractivity contribution in [2.24, 2.45) is 5.16 Å². The monoisotopic (exact) mass is 100 g/mol. The van der Waals surface area contributed by atoms with E-state index in [1.807, 2.05) is 0 Å². The summed E-state index contributed by atoms with van der Waals surface area (Å²) < 4.78 is 4.78. The van der Waals surface area contributed by atoms with Gasteiger partial charge in [0.15, 0.2) is 0 Å². The van der Waals surface area contributed by atoms with Gasteiger partial charge in [-0.1, -0.05) is 5.16 Å². The van der Waals surface area contributed by atoms with E-state index in [0.29, 0.717) is 0 Å². The molecule has 7 heavy (non-hydrogen) atoms. The van der Waals surface area contributed by atoms with Gasteiger partial charge in [0.25, 0.3) is 0 Å². The lowest BCUT2D eigenvalue weighted by molar-refractivity contribution is 0.125. The van der Waals surface area contributed by atoms with Crippen LogP contribution in [0.15, 0.2) is 5.16 Å². The van der Waals surface area contributed by atoms with E-state index < -0.39 is 0 Å². The molecule has 1 atom stereocenters. The number of nitrogens with zero attached hydrogens (tertiary/aromatic N) is 1. The van der Waals surface area contributed by atoms with Crippen LogP contribution in [-0.2, 0) is 9.57 Å². The molecule has 0 saturated heterocycles. The number of ether oxygens (including phenoxy) is 1. The van der Waals surface area contributed by atoms with Crippen molar-refractivity contribution in [1.82, 2.24) is 0 Å². The molecule has 1 heterocycles. The lowest BCUT2D eigenvalue weighted by atomic mass is 10.4. The largest absolute Gasteiger partial charge is 0.385 e. The molecule has 1 radical (unpaired) electrons. The highest BCUT2D eigenvalue weighted by Crippen LogP contribution is 2.00. The standard InChI is InChI=1S/C4H6NO2/c1-6-4-2-5-7-3-4/h2-4H,1H3. The molecule has 0 fully saturated rings. The summed E-state index contributed by atoms with van der Waals surface area (Å²) in [7, 11) is 1.60. The maximum absolute atomic E-state index is 4.78. The molecule has 3 nitrogen and oxygen atoms in total. The predicted molar refractivity (Wildman–Crippen MR) is 24.7 cm³/mol. The minimum atomic E-state index is -0.0417. The fourth-order valence-electron chi connectivity index (χ4n) is 0.342. The molecule has 0 aromatic carbocycles. The second-order valence-corrected chi connectivity index (χ2v) is 1.20. The molecule has 1 rings (SSSR count). The normalized spacial score (nSPS) is 27.9. The zero-order chi connectivity index (χ0) is 5.11. The first-order valence-corrected chi connectivity index (χ1v) is 1.99. The Labute approximate surface area is 41.9 Å². The zero-order valence-electron chi connectivity index (χ0n) is 4.00. The van der Waals surface area contributed by atoms with E-state index in [1.54, 1.807) is 13.3 Å². The van der Waals surface area contributed by atoms with Crippen LogP contribution in [0.25, 0.3) is 0 Å².